The third-order valence-electron chi connectivity index (χ3n) is 3.30. The molecule has 22 heavy (non-hydrogen) atoms. The van der Waals surface area contributed by atoms with Gasteiger partial charge >= 0.3 is 0 Å². The fourth-order valence-corrected chi connectivity index (χ4v) is 2.30. The minimum atomic E-state index is -1.08. The maximum atomic E-state index is 13.8. The van der Waals surface area contributed by atoms with E-state index in [1.165, 1.54) is 12.1 Å². The van der Waals surface area contributed by atoms with Crippen molar-refractivity contribution in [2.24, 2.45) is 0 Å². The lowest BCUT2D eigenvalue weighted by Gasteiger charge is -2.15. The molecule has 1 aliphatic rings. The number of pyridine rings is 1. The van der Waals surface area contributed by atoms with Crippen LogP contribution in [0.25, 0.3) is 0 Å². The Hall–Kier alpha value is -2.76. The molecule has 2 aromatic rings. The highest BCUT2D eigenvalue weighted by molar-refractivity contribution is 6.24. The second kappa shape index (κ2) is 5.22. The molecular formula is C16H8F3NO2. The minimum Gasteiger partial charge on any atom is -0.289 e. The van der Waals surface area contributed by atoms with Crippen molar-refractivity contribution >= 4 is 11.6 Å². The fourth-order valence-electron chi connectivity index (χ4n) is 2.30. The molecule has 1 aliphatic carbocycles. The maximum Gasteiger partial charge on any atom is 0.193 e. The topological polar surface area (TPSA) is 47.0 Å². The van der Waals surface area contributed by atoms with E-state index in [1.54, 1.807) is 0 Å². The number of rotatable bonds is 2. The number of carbonyl (C=O) groups is 2. The summed E-state index contributed by atoms with van der Waals surface area (Å²) < 4.78 is 39.8. The average Bonchev–Trinajstić information content (AvgIpc) is 2.46. The second-order valence-electron chi connectivity index (χ2n) is 4.82. The highest BCUT2D eigenvalue weighted by Crippen LogP contribution is 2.26. The van der Waals surface area contributed by atoms with Crippen LogP contribution in [-0.2, 0) is 6.42 Å². The lowest BCUT2D eigenvalue weighted by molar-refractivity contribution is 0.0978. The molecule has 1 heterocycles. The Morgan fingerprint density at radius 2 is 1.77 bits per heavy atom. The molecule has 110 valence electrons. The Morgan fingerprint density at radius 3 is 2.45 bits per heavy atom. The molecule has 0 spiro atoms. The molecule has 0 saturated carbocycles. The standard InChI is InChI=1S/C16H8F3NO2/c17-9-1-2-11(20-7-9)3-8-4-14(21)12-5-10(18)6-13(19)15(12)16(8)22/h1-2,4-7H,3H2. The van der Waals surface area contributed by atoms with Crippen molar-refractivity contribution < 1.29 is 22.8 Å². The van der Waals surface area contributed by atoms with Crippen LogP contribution in [0.4, 0.5) is 13.2 Å². The van der Waals surface area contributed by atoms with Crippen LogP contribution in [0.1, 0.15) is 26.4 Å². The van der Waals surface area contributed by atoms with Gasteiger partial charge in [0.25, 0.3) is 0 Å². The van der Waals surface area contributed by atoms with Gasteiger partial charge in [0.2, 0.25) is 0 Å². The van der Waals surface area contributed by atoms with Gasteiger partial charge in [-0.3, -0.25) is 14.6 Å². The molecule has 0 bridgehead atoms. The Kier molecular flexibility index (Phi) is 3.36. The Bertz CT molecular complexity index is 826. The Balaban J connectivity index is 2.00. The third kappa shape index (κ3) is 2.43. The number of carbonyl (C=O) groups excluding carboxylic acids is 2. The van der Waals surface area contributed by atoms with E-state index >= 15 is 0 Å². The van der Waals surface area contributed by atoms with E-state index in [9.17, 15) is 22.8 Å². The smallest absolute Gasteiger partial charge is 0.193 e. The van der Waals surface area contributed by atoms with Gasteiger partial charge in [0.15, 0.2) is 11.6 Å². The summed E-state index contributed by atoms with van der Waals surface area (Å²) in [5, 5.41) is 0. The van der Waals surface area contributed by atoms with Crippen molar-refractivity contribution in [2.75, 3.05) is 0 Å². The normalized spacial score (nSPS) is 13.9. The molecule has 3 nitrogen and oxygen atoms in total. The zero-order valence-corrected chi connectivity index (χ0v) is 11.1. The lowest BCUT2D eigenvalue weighted by Crippen LogP contribution is -2.20. The van der Waals surface area contributed by atoms with Crippen LogP contribution in [0.2, 0.25) is 0 Å². The summed E-state index contributed by atoms with van der Waals surface area (Å²) >= 11 is 0. The second-order valence-corrected chi connectivity index (χ2v) is 4.82. The summed E-state index contributed by atoms with van der Waals surface area (Å²) in [7, 11) is 0. The molecule has 1 aromatic carbocycles. The number of fused-ring (bicyclic) bond motifs is 1. The van der Waals surface area contributed by atoms with Gasteiger partial charge in [0.05, 0.1) is 11.8 Å². The summed E-state index contributed by atoms with van der Waals surface area (Å²) in [6.07, 6.45) is 1.98. The van der Waals surface area contributed by atoms with E-state index in [1.807, 2.05) is 0 Å². The molecule has 6 heteroatoms. The first-order valence-electron chi connectivity index (χ1n) is 6.35. The van der Waals surface area contributed by atoms with Crippen molar-refractivity contribution in [3.05, 3.63) is 76.4 Å². The van der Waals surface area contributed by atoms with Crippen molar-refractivity contribution in [2.45, 2.75) is 6.42 Å². The first kappa shape index (κ1) is 14.2. The van der Waals surface area contributed by atoms with Crippen LogP contribution >= 0.6 is 0 Å². The summed E-state index contributed by atoms with van der Waals surface area (Å²) in [5.41, 5.74) is -0.341. The van der Waals surface area contributed by atoms with Gasteiger partial charge in [-0.2, -0.15) is 0 Å². The number of Topliss-reactive ketones (excluding diaryl/α,β-unsaturated/α-hetero) is 1. The van der Waals surface area contributed by atoms with Crippen LogP contribution in [-0.4, -0.2) is 16.6 Å². The highest BCUT2D eigenvalue weighted by Gasteiger charge is 2.29. The summed E-state index contributed by atoms with van der Waals surface area (Å²) in [6, 6.07) is 3.93. The fraction of sp³-hybridized carbons (Fsp3) is 0.0625. The number of ketones is 2. The number of nitrogens with zero attached hydrogens (tertiary/aromatic N) is 1. The number of allylic oxidation sites excluding steroid dienone is 2. The van der Waals surface area contributed by atoms with Crippen molar-refractivity contribution in [3.63, 3.8) is 0 Å². The number of halogens is 3. The molecule has 0 unspecified atom stereocenters. The van der Waals surface area contributed by atoms with Gasteiger partial charge in [-0.1, -0.05) is 0 Å². The number of hydrogen-bond acceptors (Lipinski definition) is 3. The first-order chi connectivity index (χ1) is 10.5. The number of benzene rings is 1. The highest BCUT2D eigenvalue weighted by atomic mass is 19.1. The quantitative estimate of drug-likeness (QED) is 0.856. The van der Waals surface area contributed by atoms with Crippen LogP contribution < -0.4 is 0 Å². The molecule has 0 N–H and O–H groups in total. The molecule has 3 rings (SSSR count). The Labute approximate surface area is 123 Å². The molecule has 0 radical (unpaired) electrons. The molecule has 0 amide bonds. The van der Waals surface area contributed by atoms with Gasteiger partial charge in [0, 0.05) is 29.3 Å². The third-order valence-corrected chi connectivity index (χ3v) is 3.30. The summed E-state index contributed by atoms with van der Waals surface area (Å²) in [4.78, 5) is 28.0. The van der Waals surface area contributed by atoms with Crippen LogP contribution in [0, 0.1) is 17.5 Å². The monoisotopic (exact) mass is 303 g/mol. The van der Waals surface area contributed by atoms with Gasteiger partial charge < -0.3 is 0 Å². The molecule has 1 aromatic heterocycles. The molecule has 0 fully saturated rings. The van der Waals surface area contributed by atoms with Crippen molar-refractivity contribution in [3.8, 4) is 0 Å². The van der Waals surface area contributed by atoms with E-state index in [2.05, 4.69) is 4.98 Å². The Morgan fingerprint density at radius 1 is 1.00 bits per heavy atom. The predicted molar refractivity (Wildman–Crippen MR) is 71.0 cm³/mol. The maximum absolute atomic E-state index is 13.8. The zero-order valence-electron chi connectivity index (χ0n) is 11.1. The summed E-state index contributed by atoms with van der Waals surface area (Å²) in [5.74, 6) is -3.88. The van der Waals surface area contributed by atoms with Gasteiger partial charge in [-0.25, -0.2) is 13.2 Å². The van der Waals surface area contributed by atoms with E-state index in [4.69, 9.17) is 0 Å². The van der Waals surface area contributed by atoms with Crippen LogP contribution in [0.3, 0.4) is 0 Å². The predicted octanol–water partition coefficient (Wildman–Crippen LogP) is 3.05. The largest absolute Gasteiger partial charge is 0.289 e. The van der Waals surface area contributed by atoms with Gasteiger partial charge in [0.1, 0.15) is 17.5 Å². The van der Waals surface area contributed by atoms with Crippen LogP contribution in [0.5, 0.6) is 0 Å². The van der Waals surface area contributed by atoms with Crippen molar-refractivity contribution in [1.29, 1.82) is 0 Å². The summed E-state index contributed by atoms with van der Waals surface area (Å²) in [6.45, 7) is 0. The first-order valence-corrected chi connectivity index (χ1v) is 6.35. The van der Waals surface area contributed by atoms with Crippen molar-refractivity contribution in [1.82, 2.24) is 4.98 Å². The average molecular weight is 303 g/mol. The van der Waals surface area contributed by atoms with Gasteiger partial charge in [-0.05, 0) is 24.3 Å². The number of hydrogen-bond donors (Lipinski definition) is 0. The van der Waals surface area contributed by atoms with E-state index < -0.39 is 34.6 Å². The number of aromatic nitrogens is 1. The van der Waals surface area contributed by atoms with Gasteiger partial charge in [-0.15, -0.1) is 0 Å². The van der Waals surface area contributed by atoms with E-state index in [-0.39, 0.29) is 17.6 Å². The molecule has 0 saturated heterocycles. The SMILES string of the molecule is O=C1C=C(Cc2ccc(F)cn2)C(=O)c2c(F)cc(F)cc21. The zero-order chi connectivity index (χ0) is 15.9. The molecule has 0 aliphatic heterocycles. The minimum absolute atomic E-state index is 0.0297. The molecular weight excluding hydrogens is 295 g/mol. The van der Waals surface area contributed by atoms with E-state index in [0.717, 1.165) is 18.3 Å². The lowest BCUT2D eigenvalue weighted by atomic mass is 9.87. The van der Waals surface area contributed by atoms with E-state index in [0.29, 0.717) is 11.8 Å². The molecule has 0 atom stereocenters. The van der Waals surface area contributed by atoms with Crippen LogP contribution in [0.15, 0.2) is 42.1 Å².